The molecule has 0 atom stereocenters. The van der Waals surface area contributed by atoms with Crippen LogP contribution in [0.4, 0.5) is 0 Å². The van der Waals surface area contributed by atoms with Crippen molar-refractivity contribution in [3.63, 3.8) is 0 Å². The van der Waals surface area contributed by atoms with Crippen LogP contribution in [0, 0.1) is 0 Å². The van der Waals surface area contributed by atoms with Crippen LogP contribution in [0.15, 0.2) is 34.9 Å². The van der Waals surface area contributed by atoms with E-state index < -0.39 is 0 Å². The number of allylic oxidation sites excluding steroid dienone is 6. The van der Waals surface area contributed by atoms with Crippen LogP contribution in [0.5, 0.6) is 0 Å². The Morgan fingerprint density at radius 1 is 0.875 bits per heavy atom. The summed E-state index contributed by atoms with van der Waals surface area (Å²) in [4.78, 5) is 0. The lowest BCUT2D eigenvalue weighted by Crippen LogP contribution is -1.81. The molecule has 0 saturated heterocycles. The van der Waals surface area contributed by atoms with Gasteiger partial charge in [0.15, 0.2) is 0 Å². The summed E-state index contributed by atoms with van der Waals surface area (Å²) >= 11 is 3.46. The van der Waals surface area contributed by atoms with Crippen LogP contribution in [0.3, 0.4) is 0 Å². The molecular weight excluding hydrogens is 260 g/mol. The van der Waals surface area contributed by atoms with Crippen LogP contribution in [0.1, 0.15) is 53.4 Å². The first-order chi connectivity index (χ1) is 7.60. The molecule has 0 aromatic heterocycles. The summed E-state index contributed by atoms with van der Waals surface area (Å²) in [7, 11) is 0. The lowest BCUT2D eigenvalue weighted by atomic mass is 10.1. The Kier molecular flexibility index (Phi) is 9.71. The van der Waals surface area contributed by atoms with Gasteiger partial charge in [0.25, 0.3) is 0 Å². The molecule has 0 unspecified atom stereocenters. The highest BCUT2D eigenvalue weighted by atomic mass is 79.9. The second-order valence-electron chi connectivity index (χ2n) is 4.45. The first kappa shape index (κ1) is 15.7. The van der Waals surface area contributed by atoms with E-state index >= 15 is 0 Å². The van der Waals surface area contributed by atoms with Gasteiger partial charge >= 0.3 is 0 Å². The van der Waals surface area contributed by atoms with Gasteiger partial charge in [-0.3, -0.25) is 0 Å². The van der Waals surface area contributed by atoms with Gasteiger partial charge in [-0.2, -0.15) is 0 Å². The van der Waals surface area contributed by atoms with Crippen molar-refractivity contribution in [2.24, 2.45) is 0 Å². The third-order valence-corrected chi connectivity index (χ3v) is 3.65. The average molecular weight is 285 g/mol. The molecule has 0 fully saturated rings. The smallest absolute Gasteiger partial charge is 0.0239 e. The van der Waals surface area contributed by atoms with E-state index in [1.54, 1.807) is 0 Å². The van der Waals surface area contributed by atoms with Crippen LogP contribution in [0.2, 0.25) is 0 Å². The highest BCUT2D eigenvalue weighted by molar-refractivity contribution is 9.09. The summed E-state index contributed by atoms with van der Waals surface area (Å²) in [5.74, 6) is 0. The van der Waals surface area contributed by atoms with Gasteiger partial charge in [0.2, 0.25) is 0 Å². The van der Waals surface area contributed by atoms with E-state index in [0.29, 0.717) is 0 Å². The lowest BCUT2D eigenvalue weighted by molar-refractivity contribution is 0.917. The van der Waals surface area contributed by atoms with Crippen molar-refractivity contribution in [2.75, 3.05) is 5.33 Å². The quantitative estimate of drug-likeness (QED) is 0.409. The number of hydrogen-bond donors (Lipinski definition) is 0. The second-order valence-corrected chi connectivity index (χ2v) is 5.01. The van der Waals surface area contributed by atoms with E-state index in [2.05, 4.69) is 61.9 Å². The molecule has 0 rings (SSSR count). The Bertz CT molecular complexity index is 269. The molecule has 0 aromatic rings. The standard InChI is InChI=1S/C15H25Br/c1-5-13(2)8-6-9-14(3)10-7-11-15(4)12-16/h5,9,11H,6-8,10,12H2,1-4H3/b13-5+,14-9+,15-11+. The Labute approximate surface area is 110 Å². The molecule has 92 valence electrons. The molecule has 0 saturated carbocycles. The highest BCUT2D eigenvalue weighted by Crippen LogP contribution is 2.11. The Hall–Kier alpha value is -0.300. The van der Waals surface area contributed by atoms with Gasteiger partial charge in [0, 0.05) is 5.33 Å². The van der Waals surface area contributed by atoms with Crippen molar-refractivity contribution in [2.45, 2.75) is 53.4 Å². The Morgan fingerprint density at radius 3 is 1.88 bits per heavy atom. The summed E-state index contributed by atoms with van der Waals surface area (Å²) in [6.07, 6.45) is 11.6. The van der Waals surface area contributed by atoms with E-state index in [1.807, 2.05) is 0 Å². The van der Waals surface area contributed by atoms with Gasteiger partial charge < -0.3 is 0 Å². The molecule has 0 heterocycles. The maximum Gasteiger partial charge on any atom is 0.0239 e. The first-order valence-electron chi connectivity index (χ1n) is 6.09. The minimum Gasteiger partial charge on any atom is -0.0887 e. The van der Waals surface area contributed by atoms with E-state index in [-0.39, 0.29) is 0 Å². The number of rotatable bonds is 7. The zero-order valence-corrected chi connectivity index (χ0v) is 12.7. The molecule has 16 heavy (non-hydrogen) atoms. The molecule has 0 aliphatic heterocycles. The second kappa shape index (κ2) is 9.89. The normalized spacial score (nSPS) is 14.4. The van der Waals surface area contributed by atoms with Crippen molar-refractivity contribution in [3.8, 4) is 0 Å². The first-order valence-corrected chi connectivity index (χ1v) is 7.21. The summed E-state index contributed by atoms with van der Waals surface area (Å²) in [5, 5.41) is 0.996. The van der Waals surface area contributed by atoms with E-state index in [1.165, 1.54) is 42.4 Å². The molecule has 0 aliphatic carbocycles. The number of alkyl halides is 1. The Balaban J connectivity index is 3.80. The third kappa shape index (κ3) is 8.96. The van der Waals surface area contributed by atoms with Crippen LogP contribution in [-0.2, 0) is 0 Å². The number of halogens is 1. The SMILES string of the molecule is C/C=C(\C)CC/C=C(\C)CC/C=C(\C)CBr. The maximum atomic E-state index is 3.46. The van der Waals surface area contributed by atoms with Crippen molar-refractivity contribution in [3.05, 3.63) is 34.9 Å². The summed E-state index contributed by atoms with van der Waals surface area (Å²) in [6, 6.07) is 0. The van der Waals surface area contributed by atoms with E-state index in [0.717, 1.165) is 5.33 Å². The van der Waals surface area contributed by atoms with Gasteiger partial charge in [0.1, 0.15) is 0 Å². The molecule has 0 radical (unpaired) electrons. The average Bonchev–Trinajstić information content (AvgIpc) is 2.28. The minimum atomic E-state index is 0.996. The largest absolute Gasteiger partial charge is 0.0887 e. The highest BCUT2D eigenvalue weighted by Gasteiger charge is 1.91. The fourth-order valence-corrected chi connectivity index (χ4v) is 1.62. The predicted molar refractivity (Wildman–Crippen MR) is 79.2 cm³/mol. The molecule has 0 spiro atoms. The zero-order valence-electron chi connectivity index (χ0n) is 11.1. The van der Waals surface area contributed by atoms with E-state index in [4.69, 9.17) is 0 Å². The molecule has 0 N–H and O–H groups in total. The molecular formula is C15H25Br. The summed E-state index contributed by atoms with van der Waals surface area (Å²) in [6.45, 7) is 8.72. The van der Waals surface area contributed by atoms with Gasteiger partial charge in [0.05, 0.1) is 0 Å². The van der Waals surface area contributed by atoms with Crippen LogP contribution in [0.25, 0.3) is 0 Å². The molecule has 0 aromatic carbocycles. The molecule has 0 amide bonds. The molecule has 0 aliphatic rings. The van der Waals surface area contributed by atoms with Crippen LogP contribution >= 0.6 is 15.9 Å². The monoisotopic (exact) mass is 284 g/mol. The summed E-state index contributed by atoms with van der Waals surface area (Å²) < 4.78 is 0. The van der Waals surface area contributed by atoms with Gasteiger partial charge in [-0.05, 0) is 53.4 Å². The lowest BCUT2D eigenvalue weighted by Gasteiger charge is -2.00. The fraction of sp³-hybridized carbons (Fsp3) is 0.600. The van der Waals surface area contributed by atoms with Crippen molar-refractivity contribution in [1.29, 1.82) is 0 Å². The predicted octanol–water partition coefficient (Wildman–Crippen LogP) is 5.80. The van der Waals surface area contributed by atoms with Gasteiger partial charge in [-0.1, -0.05) is 50.9 Å². The third-order valence-electron chi connectivity index (χ3n) is 2.77. The van der Waals surface area contributed by atoms with Crippen LogP contribution < -0.4 is 0 Å². The topological polar surface area (TPSA) is 0 Å². The zero-order chi connectivity index (χ0) is 12.4. The van der Waals surface area contributed by atoms with Crippen molar-refractivity contribution < 1.29 is 0 Å². The van der Waals surface area contributed by atoms with Crippen molar-refractivity contribution >= 4 is 15.9 Å². The number of hydrogen-bond acceptors (Lipinski definition) is 0. The fourth-order valence-electron chi connectivity index (χ4n) is 1.39. The Morgan fingerprint density at radius 2 is 1.38 bits per heavy atom. The van der Waals surface area contributed by atoms with Crippen molar-refractivity contribution in [1.82, 2.24) is 0 Å². The maximum absolute atomic E-state index is 3.46. The molecule has 1 heteroatoms. The molecule has 0 bridgehead atoms. The van der Waals surface area contributed by atoms with Crippen LogP contribution in [-0.4, -0.2) is 5.33 Å². The van der Waals surface area contributed by atoms with Gasteiger partial charge in [-0.15, -0.1) is 0 Å². The van der Waals surface area contributed by atoms with Gasteiger partial charge in [-0.25, -0.2) is 0 Å². The molecule has 0 nitrogen and oxygen atoms in total. The minimum absolute atomic E-state index is 0.996. The summed E-state index contributed by atoms with van der Waals surface area (Å²) in [5.41, 5.74) is 4.43. The van der Waals surface area contributed by atoms with E-state index in [9.17, 15) is 0 Å².